The Hall–Kier alpha value is -1.81. The van der Waals surface area contributed by atoms with Gasteiger partial charge in [0.05, 0.1) is 5.56 Å². The molecule has 0 unspecified atom stereocenters. The number of thioether (sulfide) groups is 1. The zero-order chi connectivity index (χ0) is 14.4. The van der Waals surface area contributed by atoms with Crippen LogP contribution in [-0.4, -0.2) is 18.2 Å². The van der Waals surface area contributed by atoms with Crippen LogP contribution < -0.4 is 5.32 Å². The highest BCUT2D eigenvalue weighted by Crippen LogP contribution is 2.16. The Kier molecular flexibility index (Phi) is 5.18. The minimum Gasteiger partial charge on any atom is -0.351 e. The molecular formula is C16H16FNOS. The summed E-state index contributed by atoms with van der Waals surface area (Å²) in [5.41, 5.74) is 0.977. The number of aryl methyl sites for hydroxylation is 1. The molecule has 2 rings (SSSR count). The molecule has 2 aromatic carbocycles. The molecule has 2 aromatic rings. The molecule has 0 aliphatic carbocycles. The zero-order valence-electron chi connectivity index (χ0n) is 11.2. The normalized spacial score (nSPS) is 10.3. The molecule has 104 valence electrons. The molecule has 0 fully saturated rings. The minimum absolute atomic E-state index is 0.106. The van der Waals surface area contributed by atoms with Crippen molar-refractivity contribution in [2.45, 2.75) is 11.8 Å². The maximum absolute atomic E-state index is 13.5. The number of amides is 1. The van der Waals surface area contributed by atoms with Gasteiger partial charge < -0.3 is 5.32 Å². The predicted octanol–water partition coefficient (Wildman–Crippen LogP) is 3.66. The van der Waals surface area contributed by atoms with E-state index in [1.807, 2.05) is 37.3 Å². The van der Waals surface area contributed by atoms with Crippen molar-refractivity contribution in [2.75, 3.05) is 12.3 Å². The lowest BCUT2D eigenvalue weighted by molar-refractivity contribution is 0.0952. The number of hydrogen-bond donors (Lipinski definition) is 1. The Morgan fingerprint density at radius 2 is 1.95 bits per heavy atom. The van der Waals surface area contributed by atoms with Gasteiger partial charge in [0.25, 0.3) is 5.91 Å². The Balaban J connectivity index is 1.82. The minimum atomic E-state index is -0.483. The van der Waals surface area contributed by atoms with Crippen molar-refractivity contribution >= 4 is 17.7 Å². The third kappa shape index (κ3) is 4.10. The molecule has 20 heavy (non-hydrogen) atoms. The van der Waals surface area contributed by atoms with Gasteiger partial charge >= 0.3 is 0 Å². The molecule has 1 amide bonds. The monoisotopic (exact) mass is 289 g/mol. The van der Waals surface area contributed by atoms with Gasteiger partial charge in [-0.1, -0.05) is 29.8 Å². The number of rotatable bonds is 5. The van der Waals surface area contributed by atoms with Crippen LogP contribution in [0.3, 0.4) is 0 Å². The van der Waals surface area contributed by atoms with Crippen LogP contribution in [0.25, 0.3) is 0 Å². The maximum atomic E-state index is 13.5. The van der Waals surface area contributed by atoms with E-state index in [0.29, 0.717) is 6.54 Å². The second-order valence-electron chi connectivity index (χ2n) is 4.40. The third-order valence-electron chi connectivity index (χ3n) is 2.77. The molecule has 0 atom stereocenters. The Morgan fingerprint density at radius 3 is 2.70 bits per heavy atom. The number of carbonyl (C=O) groups excluding carboxylic acids is 1. The average molecular weight is 289 g/mol. The first-order valence-electron chi connectivity index (χ1n) is 6.39. The number of benzene rings is 2. The Bertz CT molecular complexity index is 586. The molecule has 2 nitrogen and oxygen atoms in total. The van der Waals surface area contributed by atoms with Crippen LogP contribution in [0.2, 0.25) is 0 Å². The van der Waals surface area contributed by atoms with Crippen molar-refractivity contribution in [1.82, 2.24) is 5.32 Å². The van der Waals surface area contributed by atoms with E-state index in [4.69, 9.17) is 0 Å². The van der Waals surface area contributed by atoms with Crippen LogP contribution in [0.1, 0.15) is 15.9 Å². The maximum Gasteiger partial charge on any atom is 0.254 e. The average Bonchev–Trinajstić information content (AvgIpc) is 2.47. The molecule has 0 saturated heterocycles. The highest BCUT2D eigenvalue weighted by atomic mass is 32.2. The quantitative estimate of drug-likeness (QED) is 0.672. The molecule has 0 heterocycles. The molecule has 4 heteroatoms. The van der Waals surface area contributed by atoms with Gasteiger partial charge in [-0.3, -0.25) is 4.79 Å². The Morgan fingerprint density at radius 1 is 1.20 bits per heavy atom. The van der Waals surface area contributed by atoms with E-state index >= 15 is 0 Å². The smallest absolute Gasteiger partial charge is 0.254 e. The summed E-state index contributed by atoms with van der Waals surface area (Å²) in [5.74, 6) is -0.0907. The molecular weight excluding hydrogens is 273 g/mol. The van der Waals surface area contributed by atoms with E-state index in [1.54, 1.807) is 23.9 Å². The van der Waals surface area contributed by atoms with Gasteiger partial charge in [-0.2, -0.15) is 0 Å². The van der Waals surface area contributed by atoms with Crippen LogP contribution in [0.5, 0.6) is 0 Å². The van der Waals surface area contributed by atoms with Gasteiger partial charge in [0.2, 0.25) is 0 Å². The molecule has 0 aliphatic heterocycles. The third-order valence-corrected chi connectivity index (χ3v) is 3.78. The summed E-state index contributed by atoms with van der Waals surface area (Å²) in [7, 11) is 0. The van der Waals surface area contributed by atoms with Gasteiger partial charge in [0, 0.05) is 17.2 Å². The highest BCUT2D eigenvalue weighted by Gasteiger charge is 2.10. The fourth-order valence-corrected chi connectivity index (χ4v) is 2.55. The predicted molar refractivity (Wildman–Crippen MR) is 80.6 cm³/mol. The van der Waals surface area contributed by atoms with Crippen LogP contribution in [0.4, 0.5) is 4.39 Å². The molecule has 0 saturated carbocycles. The lowest BCUT2D eigenvalue weighted by Gasteiger charge is -2.07. The topological polar surface area (TPSA) is 29.1 Å². The molecule has 0 aromatic heterocycles. The second-order valence-corrected chi connectivity index (χ2v) is 5.57. The second kappa shape index (κ2) is 7.10. The van der Waals surface area contributed by atoms with E-state index in [1.165, 1.54) is 6.07 Å². The van der Waals surface area contributed by atoms with Gasteiger partial charge in [0.15, 0.2) is 0 Å². The first kappa shape index (κ1) is 14.6. The molecule has 0 aliphatic rings. The van der Waals surface area contributed by atoms with Gasteiger partial charge in [0.1, 0.15) is 5.82 Å². The SMILES string of the molecule is Cc1ccc(F)c(C(=O)NCCSc2ccccc2)c1. The number of nitrogens with one attached hydrogen (secondary N) is 1. The highest BCUT2D eigenvalue weighted by molar-refractivity contribution is 7.99. The molecule has 0 spiro atoms. The Labute approximate surface area is 122 Å². The lowest BCUT2D eigenvalue weighted by atomic mass is 10.1. The van der Waals surface area contributed by atoms with Gasteiger partial charge in [-0.05, 0) is 31.2 Å². The van der Waals surface area contributed by atoms with Crippen molar-refractivity contribution in [3.8, 4) is 0 Å². The molecule has 0 bridgehead atoms. The summed E-state index contributed by atoms with van der Waals surface area (Å²) in [4.78, 5) is 13.0. The number of halogens is 1. The standard InChI is InChI=1S/C16H16FNOS/c1-12-7-8-15(17)14(11-12)16(19)18-9-10-20-13-5-3-2-4-6-13/h2-8,11H,9-10H2,1H3,(H,18,19). The number of hydrogen-bond acceptors (Lipinski definition) is 2. The van der Waals surface area contributed by atoms with Crippen LogP contribution in [0.15, 0.2) is 53.4 Å². The van der Waals surface area contributed by atoms with Gasteiger partial charge in [-0.25, -0.2) is 4.39 Å². The van der Waals surface area contributed by atoms with Gasteiger partial charge in [-0.15, -0.1) is 11.8 Å². The van der Waals surface area contributed by atoms with Crippen LogP contribution in [-0.2, 0) is 0 Å². The zero-order valence-corrected chi connectivity index (χ0v) is 12.0. The summed E-state index contributed by atoms with van der Waals surface area (Å²) < 4.78 is 13.5. The fraction of sp³-hybridized carbons (Fsp3) is 0.188. The van der Waals surface area contributed by atoms with E-state index in [2.05, 4.69) is 5.32 Å². The van der Waals surface area contributed by atoms with Crippen molar-refractivity contribution in [1.29, 1.82) is 0 Å². The van der Waals surface area contributed by atoms with E-state index < -0.39 is 5.82 Å². The number of carbonyl (C=O) groups is 1. The van der Waals surface area contributed by atoms with Crippen LogP contribution in [0, 0.1) is 12.7 Å². The van der Waals surface area contributed by atoms with Crippen molar-refractivity contribution in [3.05, 3.63) is 65.5 Å². The summed E-state index contributed by atoms with van der Waals surface area (Å²) in [6, 6.07) is 14.5. The fourth-order valence-electron chi connectivity index (χ4n) is 1.76. The molecule has 0 radical (unpaired) electrons. The first-order valence-corrected chi connectivity index (χ1v) is 7.37. The lowest BCUT2D eigenvalue weighted by Crippen LogP contribution is -2.26. The van der Waals surface area contributed by atoms with E-state index in [-0.39, 0.29) is 11.5 Å². The summed E-state index contributed by atoms with van der Waals surface area (Å²) in [5, 5.41) is 2.74. The summed E-state index contributed by atoms with van der Waals surface area (Å²) in [6.07, 6.45) is 0. The van der Waals surface area contributed by atoms with E-state index in [0.717, 1.165) is 16.2 Å². The van der Waals surface area contributed by atoms with Crippen molar-refractivity contribution in [2.24, 2.45) is 0 Å². The summed E-state index contributed by atoms with van der Waals surface area (Å²) in [6.45, 7) is 2.34. The van der Waals surface area contributed by atoms with Crippen molar-refractivity contribution < 1.29 is 9.18 Å². The van der Waals surface area contributed by atoms with E-state index in [9.17, 15) is 9.18 Å². The summed E-state index contributed by atoms with van der Waals surface area (Å²) >= 11 is 1.66. The largest absolute Gasteiger partial charge is 0.351 e. The molecule has 1 N–H and O–H groups in total. The van der Waals surface area contributed by atoms with Crippen molar-refractivity contribution in [3.63, 3.8) is 0 Å². The van der Waals surface area contributed by atoms with Crippen LogP contribution >= 0.6 is 11.8 Å². The first-order chi connectivity index (χ1) is 9.66.